The Balaban J connectivity index is 2.29. The van der Waals surface area contributed by atoms with Crippen LogP contribution < -0.4 is 112 Å². The first-order valence-corrected chi connectivity index (χ1v) is 48.2. The molecule has 0 unspecified atom stereocenters. The average molecular weight is 2070 g/mol. The molecule has 17 atom stereocenters. The highest BCUT2D eigenvalue weighted by Gasteiger charge is 2.43. The fourth-order valence-corrected chi connectivity index (χ4v) is 14.7. The van der Waals surface area contributed by atoms with Gasteiger partial charge in [-0.1, -0.05) is 85.7 Å². The summed E-state index contributed by atoms with van der Waals surface area (Å²) in [5.74, 6) is -29.9. The van der Waals surface area contributed by atoms with Crippen molar-refractivity contribution in [3.8, 4) is 0 Å². The predicted molar refractivity (Wildman–Crippen MR) is 514 cm³/mol. The minimum atomic E-state index is -1.90. The van der Waals surface area contributed by atoms with Crippen molar-refractivity contribution < 1.29 is 146 Å². The lowest BCUT2D eigenvalue weighted by atomic mass is 9.99. The van der Waals surface area contributed by atoms with E-state index in [0.717, 1.165) is 6.92 Å². The highest BCUT2D eigenvalue weighted by Crippen LogP contribution is 2.23. The number of guanidine groups is 1. The van der Waals surface area contributed by atoms with Gasteiger partial charge in [0.1, 0.15) is 103 Å². The van der Waals surface area contributed by atoms with Crippen LogP contribution in [0.3, 0.4) is 0 Å². The third-order valence-electron chi connectivity index (χ3n) is 21.3. The molecule has 1 aromatic rings. The molecule has 1 aliphatic rings. The van der Waals surface area contributed by atoms with Gasteiger partial charge in [-0.05, 0) is 113 Å². The van der Waals surface area contributed by atoms with E-state index < -0.39 is 339 Å². The van der Waals surface area contributed by atoms with E-state index >= 15 is 0 Å². The number of carboxylic acids is 5. The highest BCUT2D eigenvalue weighted by molar-refractivity contribution is 7.98. The monoisotopic (exact) mass is 2070 g/mol. The summed E-state index contributed by atoms with van der Waals surface area (Å²) < 4.78 is 0. The number of benzene rings is 1. The number of carboxylic acid groups (broad SMARTS) is 5. The Bertz CT molecular complexity index is 4580. The van der Waals surface area contributed by atoms with Gasteiger partial charge < -0.3 is 148 Å². The van der Waals surface area contributed by atoms with Crippen LogP contribution >= 0.6 is 37.0 Å². The van der Waals surface area contributed by atoms with Crippen LogP contribution in [0, 0.1) is 29.1 Å². The molecule has 0 bridgehead atoms. The quantitative estimate of drug-likeness (QED) is 0.0125. The molecule has 0 saturated carbocycles. The lowest BCUT2D eigenvalue weighted by molar-refractivity contribution is -0.143. The van der Waals surface area contributed by atoms with Gasteiger partial charge in [0.25, 0.3) is 0 Å². The summed E-state index contributed by atoms with van der Waals surface area (Å²) in [5, 5.41) is 109. The molecular formula is C86H137N23O30S3. The predicted octanol–water partition coefficient (Wildman–Crippen LogP) is -8.76. The molecule has 1 saturated heterocycles. The Morgan fingerprint density at radius 2 is 0.817 bits per heavy atom. The van der Waals surface area contributed by atoms with Crippen LogP contribution in [0.4, 0.5) is 0 Å². The number of aliphatic hydroxyl groups excluding tert-OH is 1. The van der Waals surface area contributed by atoms with Gasteiger partial charge in [0.2, 0.25) is 112 Å². The summed E-state index contributed by atoms with van der Waals surface area (Å²) in [6.07, 6.45) is -3.16. The number of hydrogen-bond acceptors (Lipinski definition) is 30. The Hall–Kier alpha value is -13.3. The van der Waals surface area contributed by atoms with Crippen molar-refractivity contribution in [3.05, 3.63) is 35.9 Å². The summed E-state index contributed by atoms with van der Waals surface area (Å²) >= 11 is 9.52. The number of nitrogens with zero attached hydrogens (tertiary/aromatic N) is 1. The molecule has 142 heavy (non-hydrogen) atoms. The zero-order valence-electron chi connectivity index (χ0n) is 80.7. The summed E-state index contributed by atoms with van der Waals surface area (Å²) in [6, 6.07) is -18.0. The minimum Gasteiger partial charge on any atom is -0.481 e. The van der Waals surface area contributed by atoms with Crippen LogP contribution in [0.25, 0.3) is 0 Å². The number of nitrogens with two attached hydrogens (primary N) is 2. The van der Waals surface area contributed by atoms with Crippen molar-refractivity contribution >= 4 is 185 Å². The summed E-state index contributed by atoms with van der Waals surface area (Å²) in [6.45, 7) is 11.9. The molecule has 1 fully saturated rings. The van der Waals surface area contributed by atoms with Gasteiger partial charge in [-0.25, -0.2) is 0 Å². The first-order chi connectivity index (χ1) is 66.6. The van der Waals surface area contributed by atoms with E-state index in [4.69, 9.17) is 27.1 Å². The number of aliphatic carboxylic acids is 5. The van der Waals surface area contributed by atoms with E-state index in [1.54, 1.807) is 78.1 Å². The molecule has 0 radical (unpaired) electrons. The van der Waals surface area contributed by atoms with Crippen LogP contribution in [-0.4, -0.2) is 349 Å². The first-order valence-electron chi connectivity index (χ1n) is 45.5. The van der Waals surface area contributed by atoms with Crippen LogP contribution in [0.15, 0.2) is 30.3 Å². The van der Waals surface area contributed by atoms with E-state index in [-0.39, 0.29) is 82.0 Å². The third kappa shape index (κ3) is 46.9. The molecule has 0 spiro atoms. The molecule has 1 heterocycles. The largest absolute Gasteiger partial charge is 0.481 e. The third-order valence-corrected chi connectivity index (χ3v) is 22.7. The van der Waals surface area contributed by atoms with Gasteiger partial charge in [0.15, 0.2) is 5.96 Å². The van der Waals surface area contributed by atoms with Gasteiger partial charge in [-0.3, -0.25) is 120 Å². The molecule has 30 N–H and O–H groups in total. The zero-order valence-corrected chi connectivity index (χ0v) is 83.3. The number of thioether (sulfide) groups is 1. The number of rotatable bonds is 66. The fourth-order valence-electron chi connectivity index (χ4n) is 13.8. The van der Waals surface area contributed by atoms with Gasteiger partial charge in [0, 0.05) is 43.9 Å². The second-order valence-electron chi connectivity index (χ2n) is 34.9. The molecule has 1 aliphatic heterocycles. The fraction of sp³-hybridized carbons (Fsp3) is 0.640. The van der Waals surface area contributed by atoms with E-state index in [9.17, 15) is 135 Å². The minimum absolute atomic E-state index is 0.0165. The molecule has 794 valence electrons. The molecule has 56 heteroatoms. The first kappa shape index (κ1) is 125. The second-order valence-corrected chi connectivity index (χ2v) is 36.6. The Morgan fingerprint density at radius 3 is 1.30 bits per heavy atom. The normalized spacial score (nSPS) is 15.5. The van der Waals surface area contributed by atoms with E-state index in [1.807, 2.05) is 5.32 Å². The van der Waals surface area contributed by atoms with Crippen molar-refractivity contribution in [2.24, 2.45) is 35.1 Å². The maximum absolute atomic E-state index is 14.7. The molecular weight excluding hydrogens is 1930 g/mol. The Labute approximate surface area is 833 Å². The van der Waals surface area contributed by atoms with Gasteiger partial charge in [0.05, 0.1) is 38.6 Å². The van der Waals surface area contributed by atoms with Gasteiger partial charge in [-0.15, -0.1) is 0 Å². The van der Waals surface area contributed by atoms with Gasteiger partial charge >= 0.3 is 29.8 Å². The topological polar surface area (TPSA) is 839 Å². The number of carbonyl (C=O) groups is 24. The van der Waals surface area contributed by atoms with Crippen LogP contribution in [0.1, 0.15) is 158 Å². The van der Waals surface area contributed by atoms with Crippen molar-refractivity contribution in [1.82, 2.24) is 106 Å². The van der Waals surface area contributed by atoms with Crippen molar-refractivity contribution in [2.45, 2.75) is 262 Å². The maximum atomic E-state index is 14.7. The van der Waals surface area contributed by atoms with E-state index in [2.05, 4.69) is 121 Å². The van der Waals surface area contributed by atoms with Crippen LogP contribution in [0.2, 0.25) is 0 Å². The molecule has 53 nitrogen and oxygen atoms in total. The molecule has 1 aromatic carbocycles. The smallest absolute Gasteiger partial charge is 0.322 e. The lowest BCUT2D eigenvalue weighted by Gasteiger charge is -2.31. The Morgan fingerprint density at radius 1 is 0.415 bits per heavy atom. The van der Waals surface area contributed by atoms with Crippen molar-refractivity contribution in [3.63, 3.8) is 0 Å². The number of amides is 19. The number of thiol groups is 2. The number of carbonyl (C=O) groups excluding carboxylic acids is 19. The standard InChI is InChI=1S/C86H137N23O30S3/c1-40(2)29-52(79(133)103-55(30-41(3)4)85(139)109-27-16-20-59(109)82(136)106-58(39-141)80(134)99-49(21-23-62(113)114)75(129)98-50(22-24-63(115)116)76(130)105-57(38-140)81(135)104-56(37-110)74(128)93-36-66(121)122)100-69(123)44(9)94-60(111)34-91-72(126)53(31-46-17-13-12-14-18-46)102-84(138)68(43(7)8)108-78(132)51(25-28-142-11)96-61(112)35-92-73(127)54(33-65(119)120)101-70(124)45(10)95-83(137)67(42(5)6)107-77(131)48(19-15-26-90-86(88)89)97-71(125)47(87)32-64(117)118/h12-14,17-18,40-45,47-59,67-68,110,140-141H,15-16,19-39,87H2,1-11H3,(H,91,126)(H,92,127)(H,93,128)(H,94,111)(H,95,137)(H,96,112)(H,97,125)(H,98,129)(H,99,134)(H,100,123)(H,101,124)(H,102,138)(H,103,133)(H,104,135)(H,105,130)(H,106,136)(H,107,131)(H,108,132)(H,113,114)(H,115,116)(H,117,118)(H,119,120)(H,121,122)(H4,88,89,90)/t44-,45-,47-,48-,49-,50-,51-,52-,53-,54-,55-,56-,57-,58-,59-,67-,68-/m0/s1. The van der Waals surface area contributed by atoms with Crippen LogP contribution in [-0.2, 0) is 121 Å². The number of hydrogen-bond donors (Lipinski definition) is 30. The summed E-state index contributed by atoms with van der Waals surface area (Å²) in [4.78, 5) is 321. The Kier molecular flexibility index (Phi) is 56.4. The molecule has 2 rings (SSSR count). The lowest BCUT2D eigenvalue weighted by Crippen LogP contribution is -2.61. The van der Waals surface area contributed by atoms with Crippen molar-refractivity contribution in [2.75, 3.05) is 62.8 Å². The van der Waals surface area contributed by atoms with Crippen molar-refractivity contribution in [1.29, 1.82) is 5.41 Å². The molecule has 19 amide bonds. The van der Waals surface area contributed by atoms with Gasteiger partial charge in [-0.2, -0.15) is 37.0 Å². The summed E-state index contributed by atoms with van der Waals surface area (Å²) in [5.41, 5.74) is 11.6. The molecule has 0 aromatic heterocycles. The number of nitrogens with one attached hydrogen (secondary N) is 20. The van der Waals surface area contributed by atoms with E-state index in [1.165, 1.54) is 37.4 Å². The average Bonchev–Trinajstić information content (AvgIpc) is 1.66. The second kappa shape index (κ2) is 64.2. The zero-order chi connectivity index (χ0) is 108. The summed E-state index contributed by atoms with van der Waals surface area (Å²) in [7, 11) is 0. The number of likely N-dealkylation sites (tertiary alicyclic amines) is 1. The van der Waals surface area contributed by atoms with Crippen LogP contribution in [0.5, 0.6) is 0 Å². The van der Waals surface area contributed by atoms with E-state index in [0.29, 0.717) is 5.56 Å². The maximum Gasteiger partial charge on any atom is 0.322 e. The molecule has 0 aliphatic carbocycles. The highest BCUT2D eigenvalue weighted by atomic mass is 32.2. The SMILES string of the molecule is CSCC[C@H](NC(=O)CNC(=O)[C@H](CC(=O)O)NC(=O)[C@H](C)NC(=O)[C@@H](NC(=O)[C@H](CCCNC(=N)N)NC(=O)[C@@H](N)CC(=O)O)C(C)C)C(=O)N[C@H](C(=O)N[C@@H](Cc1ccccc1)C(=O)NCC(=O)N[C@@H](C)C(=O)N[C@@H](CC(C)C)C(=O)N[C@@H](CC(C)C)C(=O)N1CCC[C@H]1C(=O)N[C@@H](CS)C(=O)N[C@@H](CCC(=O)O)C(=O)N[C@@H](CCC(=O)O)C(=O)N[C@@H](CS)C(=O)N[C@@H](CO)C(=O)NCC(=O)O)C(C)C. The number of aliphatic hydroxyl groups is 1.